The molecular formula is C21H26N6O3. The lowest BCUT2D eigenvalue weighted by molar-refractivity contribution is -0.106. The summed E-state index contributed by atoms with van der Waals surface area (Å²) in [4.78, 5) is 22.2. The smallest absolute Gasteiger partial charge is 0.204 e. The number of amides is 1. The van der Waals surface area contributed by atoms with Crippen LogP contribution in [0.2, 0.25) is 0 Å². The predicted molar refractivity (Wildman–Crippen MR) is 113 cm³/mol. The third-order valence-corrected chi connectivity index (χ3v) is 5.15. The standard InChI is InChI=1S/C20H23N5O2.CH3NO/c1-12-7-16(23-18(11-26)22-12)20-24-15-8-14(21-10-13-3-4-13)9-17-19(15)25(20)5-2-6-27-17;2-1-3/h7-9,13,21,26H,2-6,10-11H2,1H3;1H,(H2,2,3). The number of nitrogens with two attached hydrogens (primary N) is 1. The highest BCUT2D eigenvalue weighted by molar-refractivity contribution is 5.89. The Bertz CT molecular complexity index is 1060. The number of rotatable bonds is 5. The number of hydrogen-bond donors (Lipinski definition) is 3. The molecule has 3 heterocycles. The van der Waals surface area contributed by atoms with Crippen molar-refractivity contribution >= 4 is 23.1 Å². The second-order valence-electron chi connectivity index (χ2n) is 7.56. The molecule has 158 valence electrons. The minimum absolute atomic E-state index is 0.182. The number of hydrogen-bond acceptors (Lipinski definition) is 7. The fourth-order valence-corrected chi connectivity index (χ4v) is 3.66. The number of primary amides is 1. The van der Waals surface area contributed by atoms with Crippen molar-refractivity contribution in [2.45, 2.75) is 39.3 Å². The van der Waals surface area contributed by atoms with Gasteiger partial charge in [0, 0.05) is 30.5 Å². The molecule has 9 nitrogen and oxygen atoms in total. The summed E-state index contributed by atoms with van der Waals surface area (Å²) < 4.78 is 8.21. The zero-order valence-corrected chi connectivity index (χ0v) is 17.0. The Morgan fingerprint density at radius 1 is 1.30 bits per heavy atom. The van der Waals surface area contributed by atoms with E-state index in [2.05, 4.69) is 37.7 Å². The van der Waals surface area contributed by atoms with Crippen molar-refractivity contribution < 1.29 is 14.6 Å². The molecule has 5 rings (SSSR count). The minimum Gasteiger partial charge on any atom is -0.491 e. The van der Waals surface area contributed by atoms with Crippen molar-refractivity contribution in [2.24, 2.45) is 11.7 Å². The van der Waals surface area contributed by atoms with Crippen LogP contribution in [0.1, 0.15) is 30.8 Å². The van der Waals surface area contributed by atoms with Crippen LogP contribution in [0.3, 0.4) is 0 Å². The van der Waals surface area contributed by atoms with E-state index >= 15 is 0 Å². The molecule has 1 aliphatic carbocycles. The Labute approximate surface area is 174 Å². The van der Waals surface area contributed by atoms with Crippen molar-refractivity contribution in [3.63, 3.8) is 0 Å². The fraction of sp³-hybridized carbons (Fsp3) is 0.429. The van der Waals surface area contributed by atoms with Gasteiger partial charge in [0.1, 0.15) is 23.6 Å². The molecule has 9 heteroatoms. The monoisotopic (exact) mass is 410 g/mol. The van der Waals surface area contributed by atoms with Gasteiger partial charge in [0.05, 0.1) is 12.1 Å². The Morgan fingerprint density at radius 3 is 2.83 bits per heavy atom. The highest BCUT2D eigenvalue weighted by Crippen LogP contribution is 2.36. The number of aromatic nitrogens is 4. The lowest BCUT2D eigenvalue weighted by atomic mass is 10.2. The van der Waals surface area contributed by atoms with Gasteiger partial charge in [0.2, 0.25) is 6.41 Å². The summed E-state index contributed by atoms with van der Waals surface area (Å²) in [6.07, 6.45) is 3.80. The SMILES string of the molecule is Cc1cc(-c2nc3cc(NCC4CC4)cc4c3n2CCCO4)nc(CO)n1.NC=O. The fourth-order valence-electron chi connectivity index (χ4n) is 3.66. The second-order valence-corrected chi connectivity index (χ2v) is 7.56. The maximum absolute atomic E-state index is 9.46. The van der Waals surface area contributed by atoms with E-state index in [0.29, 0.717) is 12.4 Å². The molecule has 1 fully saturated rings. The molecule has 30 heavy (non-hydrogen) atoms. The van der Waals surface area contributed by atoms with E-state index in [9.17, 15) is 5.11 Å². The Balaban J connectivity index is 0.000000687. The third kappa shape index (κ3) is 4.20. The lowest BCUT2D eigenvalue weighted by Gasteiger charge is -2.10. The van der Waals surface area contributed by atoms with Gasteiger partial charge in [0.25, 0.3) is 0 Å². The van der Waals surface area contributed by atoms with Gasteiger partial charge in [-0.3, -0.25) is 4.79 Å². The number of nitrogens with zero attached hydrogens (tertiary/aromatic N) is 4. The number of anilines is 1. The van der Waals surface area contributed by atoms with E-state index in [-0.39, 0.29) is 13.0 Å². The molecule has 0 spiro atoms. The summed E-state index contributed by atoms with van der Waals surface area (Å²) in [5.74, 6) is 2.89. The first-order chi connectivity index (χ1) is 14.6. The van der Waals surface area contributed by atoms with Gasteiger partial charge < -0.3 is 25.5 Å². The summed E-state index contributed by atoms with van der Waals surface area (Å²) in [6.45, 7) is 4.24. The van der Waals surface area contributed by atoms with Crippen LogP contribution in [0, 0.1) is 12.8 Å². The van der Waals surface area contributed by atoms with E-state index in [1.807, 2.05) is 13.0 Å². The molecule has 0 atom stereocenters. The first-order valence-corrected chi connectivity index (χ1v) is 10.1. The molecule has 0 saturated heterocycles. The molecule has 0 bridgehead atoms. The average Bonchev–Trinajstić information content (AvgIpc) is 3.52. The molecule has 1 saturated carbocycles. The summed E-state index contributed by atoms with van der Waals surface area (Å²) in [5.41, 5.74) is 8.70. The molecule has 1 aliphatic heterocycles. The Hall–Kier alpha value is -3.20. The number of nitrogens with one attached hydrogen (secondary N) is 1. The molecule has 2 aromatic heterocycles. The topological polar surface area (TPSA) is 128 Å². The second kappa shape index (κ2) is 8.66. The first-order valence-electron chi connectivity index (χ1n) is 10.1. The van der Waals surface area contributed by atoms with Crippen molar-refractivity contribution in [3.05, 3.63) is 29.7 Å². The number of benzene rings is 1. The Morgan fingerprint density at radius 2 is 2.10 bits per heavy atom. The number of ether oxygens (including phenoxy) is 1. The van der Waals surface area contributed by atoms with Gasteiger partial charge in [-0.2, -0.15) is 0 Å². The predicted octanol–water partition coefficient (Wildman–Crippen LogP) is 2.00. The molecule has 3 aromatic rings. The maximum Gasteiger partial charge on any atom is 0.204 e. The van der Waals surface area contributed by atoms with Crippen LogP contribution in [0.4, 0.5) is 5.69 Å². The van der Waals surface area contributed by atoms with Crippen LogP contribution in [-0.2, 0) is 17.9 Å². The van der Waals surface area contributed by atoms with Crippen molar-refractivity contribution in [1.82, 2.24) is 19.5 Å². The first kappa shape index (κ1) is 20.1. The molecule has 4 N–H and O–H groups in total. The van der Waals surface area contributed by atoms with Crippen LogP contribution in [-0.4, -0.2) is 44.2 Å². The van der Waals surface area contributed by atoms with Gasteiger partial charge >= 0.3 is 0 Å². The van der Waals surface area contributed by atoms with E-state index < -0.39 is 0 Å². The van der Waals surface area contributed by atoms with E-state index in [0.717, 1.165) is 65.1 Å². The largest absolute Gasteiger partial charge is 0.491 e. The number of imidazole rings is 1. The molecule has 2 aliphatic rings. The maximum atomic E-state index is 9.46. The summed E-state index contributed by atoms with van der Waals surface area (Å²) >= 11 is 0. The van der Waals surface area contributed by atoms with Crippen LogP contribution in [0.25, 0.3) is 22.6 Å². The molecular weight excluding hydrogens is 384 g/mol. The summed E-state index contributed by atoms with van der Waals surface area (Å²) in [6, 6.07) is 6.10. The highest BCUT2D eigenvalue weighted by Gasteiger charge is 2.23. The number of carbonyl (C=O) groups excluding carboxylic acids is 1. The Kier molecular flexibility index (Phi) is 5.80. The zero-order valence-electron chi connectivity index (χ0n) is 17.0. The normalized spacial score (nSPS) is 15.0. The number of aliphatic hydroxyl groups is 1. The molecule has 1 amide bonds. The third-order valence-electron chi connectivity index (χ3n) is 5.15. The zero-order chi connectivity index (χ0) is 21.1. The van der Waals surface area contributed by atoms with Crippen LogP contribution < -0.4 is 15.8 Å². The van der Waals surface area contributed by atoms with Crippen molar-refractivity contribution in [2.75, 3.05) is 18.5 Å². The van der Waals surface area contributed by atoms with E-state index in [1.54, 1.807) is 0 Å². The molecule has 1 aromatic carbocycles. The van der Waals surface area contributed by atoms with E-state index in [4.69, 9.17) is 14.5 Å². The van der Waals surface area contributed by atoms with E-state index in [1.165, 1.54) is 12.8 Å². The number of aliphatic hydroxyl groups excluding tert-OH is 1. The van der Waals surface area contributed by atoms with Gasteiger partial charge in [-0.25, -0.2) is 15.0 Å². The van der Waals surface area contributed by atoms with Gasteiger partial charge in [-0.05, 0) is 44.2 Å². The quantitative estimate of drug-likeness (QED) is 0.549. The van der Waals surface area contributed by atoms with Crippen molar-refractivity contribution in [1.29, 1.82) is 0 Å². The highest BCUT2D eigenvalue weighted by atomic mass is 16.5. The summed E-state index contributed by atoms with van der Waals surface area (Å²) in [7, 11) is 0. The van der Waals surface area contributed by atoms with Crippen molar-refractivity contribution in [3.8, 4) is 17.3 Å². The minimum atomic E-state index is -0.182. The van der Waals surface area contributed by atoms with Crippen LogP contribution >= 0.6 is 0 Å². The molecule has 0 unspecified atom stereocenters. The number of carbonyl (C=O) groups is 1. The number of aryl methyl sites for hydroxylation is 2. The molecule has 0 radical (unpaired) electrons. The van der Waals surface area contributed by atoms with Gasteiger partial charge in [0.15, 0.2) is 11.6 Å². The lowest BCUT2D eigenvalue weighted by Crippen LogP contribution is -2.05. The van der Waals surface area contributed by atoms with Crippen LogP contribution in [0.15, 0.2) is 18.2 Å². The summed E-state index contributed by atoms with van der Waals surface area (Å²) in [5, 5.41) is 13.0. The van der Waals surface area contributed by atoms with Crippen LogP contribution in [0.5, 0.6) is 5.75 Å². The van der Waals surface area contributed by atoms with Gasteiger partial charge in [-0.15, -0.1) is 0 Å². The van der Waals surface area contributed by atoms with Gasteiger partial charge in [-0.1, -0.05) is 0 Å². The average molecular weight is 410 g/mol.